The Balaban J connectivity index is 1.94. The highest BCUT2D eigenvalue weighted by molar-refractivity contribution is 7.11. The first-order valence-electron chi connectivity index (χ1n) is 6.59. The van der Waals surface area contributed by atoms with Crippen molar-refractivity contribution < 1.29 is 0 Å². The van der Waals surface area contributed by atoms with E-state index in [9.17, 15) is 0 Å². The fraction of sp³-hybridized carbons (Fsp3) is 0.462. The first-order chi connectivity index (χ1) is 9.69. The first-order valence-corrected chi connectivity index (χ1v) is 7.41. The van der Waals surface area contributed by atoms with E-state index in [0.29, 0.717) is 6.54 Å². The first kappa shape index (κ1) is 14.5. The number of aryl methyl sites for hydroxylation is 2. The summed E-state index contributed by atoms with van der Waals surface area (Å²) in [6.45, 7) is 6.28. The van der Waals surface area contributed by atoms with E-state index < -0.39 is 0 Å². The zero-order valence-electron chi connectivity index (χ0n) is 12.1. The monoisotopic (exact) mass is 292 g/mol. The van der Waals surface area contributed by atoms with E-state index in [0.717, 1.165) is 24.9 Å². The number of nitrogens with zero attached hydrogens (tertiary/aromatic N) is 4. The van der Waals surface area contributed by atoms with E-state index in [1.54, 1.807) is 17.7 Å². The van der Waals surface area contributed by atoms with E-state index in [4.69, 9.17) is 0 Å². The van der Waals surface area contributed by atoms with Gasteiger partial charge in [-0.2, -0.15) is 0 Å². The van der Waals surface area contributed by atoms with Crippen LogP contribution in [0.25, 0.3) is 0 Å². The third kappa shape index (κ3) is 4.06. The van der Waals surface area contributed by atoms with Crippen LogP contribution in [0.3, 0.4) is 0 Å². The van der Waals surface area contributed by atoms with Gasteiger partial charge in [0.1, 0.15) is 12.9 Å². The molecule has 0 saturated carbocycles. The Hall–Kier alpha value is -1.89. The summed E-state index contributed by atoms with van der Waals surface area (Å²) in [5.41, 5.74) is 0. The minimum atomic E-state index is 0.509. The summed E-state index contributed by atoms with van der Waals surface area (Å²) in [6.07, 6.45) is 1.68. The molecule has 6 nitrogen and oxygen atoms in total. The fourth-order valence-electron chi connectivity index (χ4n) is 1.69. The second-order valence-electron chi connectivity index (χ2n) is 4.42. The highest BCUT2D eigenvalue weighted by atomic mass is 32.1. The van der Waals surface area contributed by atoms with Crippen molar-refractivity contribution >= 4 is 17.3 Å². The Kier molecular flexibility index (Phi) is 5.11. The van der Waals surface area contributed by atoms with Gasteiger partial charge in [-0.25, -0.2) is 4.99 Å². The Bertz CT molecular complexity index is 571. The number of rotatable bonds is 5. The smallest absolute Gasteiger partial charge is 0.191 e. The Morgan fingerprint density at radius 2 is 2.25 bits per heavy atom. The van der Waals surface area contributed by atoms with Crippen LogP contribution in [0.4, 0.5) is 0 Å². The van der Waals surface area contributed by atoms with Crippen molar-refractivity contribution in [3.05, 3.63) is 34.0 Å². The molecule has 0 saturated heterocycles. The van der Waals surface area contributed by atoms with Crippen LogP contribution < -0.4 is 10.6 Å². The molecule has 0 amide bonds. The summed E-state index contributed by atoms with van der Waals surface area (Å²) in [5, 5.41) is 14.4. The van der Waals surface area contributed by atoms with Gasteiger partial charge in [-0.1, -0.05) is 0 Å². The van der Waals surface area contributed by atoms with Gasteiger partial charge in [0.25, 0.3) is 0 Å². The Morgan fingerprint density at radius 1 is 1.40 bits per heavy atom. The second kappa shape index (κ2) is 7.04. The summed E-state index contributed by atoms with van der Waals surface area (Å²) in [7, 11) is 1.92. The predicted molar refractivity (Wildman–Crippen MR) is 81.7 cm³/mol. The predicted octanol–water partition coefficient (Wildman–Crippen LogP) is 1.44. The van der Waals surface area contributed by atoms with Crippen LogP contribution in [0.15, 0.2) is 23.5 Å². The summed E-state index contributed by atoms with van der Waals surface area (Å²) >= 11 is 1.79. The largest absolute Gasteiger partial charge is 0.357 e. The van der Waals surface area contributed by atoms with Gasteiger partial charge < -0.3 is 15.2 Å². The van der Waals surface area contributed by atoms with Crippen molar-refractivity contribution in [2.45, 2.75) is 26.9 Å². The van der Waals surface area contributed by atoms with Gasteiger partial charge in [0.2, 0.25) is 0 Å². The average molecular weight is 292 g/mol. The number of nitrogens with one attached hydrogen (secondary N) is 2. The molecule has 0 aliphatic heterocycles. The van der Waals surface area contributed by atoms with Crippen molar-refractivity contribution in [2.75, 3.05) is 6.54 Å². The number of thiophene rings is 1. The van der Waals surface area contributed by atoms with Crippen molar-refractivity contribution in [1.29, 1.82) is 0 Å². The lowest BCUT2D eigenvalue weighted by Gasteiger charge is -2.10. The molecule has 0 aliphatic rings. The fourth-order valence-corrected chi connectivity index (χ4v) is 2.52. The van der Waals surface area contributed by atoms with E-state index >= 15 is 0 Å². The molecule has 2 aromatic heterocycles. The summed E-state index contributed by atoms with van der Waals surface area (Å²) in [6, 6.07) is 4.27. The number of aliphatic imine (C=N–C) groups is 1. The normalized spacial score (nSPS) is 11.7. The van der Waals surface area contributed by atoms with Crippen LogP contribution in [0, 0.1) is 6.92 Å². The van der Waals surface area contributed by atoms with Gasteiger partial charge in [-0.3, -0.25) is 0 Å². The molecular formula is C13H20N6S. The van der Waals surface area contributed by atoms with Gasteiger partial charge in [0.15, 0.2) is 11.8 Å². The minimum Gasteiger partial charge on any atom is -0.357 e. The average Bonchev–Trinajstić information content (AvgIpc) is 3.02. The molecule has 0 fully saturated rings. The van der Waals surface area contributed by atoms with Crippen LogP contribution in [0.2, 0.25) is 0 Å². The zero-order valence-corrected chi connectivity index (χ0v) is 12.9. The Morgan fingerprint density at radius 3 is 2.85 bits per heavy atom. The lowest BCUT2D eigenvalue weighted by atomic mass is 10.4. The highest BCUT2D eigenvalue weighted by Gasteiger charge is 2.02. The highest BCUT2D eigenvalue weighted by Crippen LogP contribution is 2.14. The molecule has 0 unspecified atom stereocenters. The van der Waals surface area contributed by atoms with Gasteiger partial charge in [0, 0.05) is 23.3 Å². The zero-order chi connectivity index (χ0) is 14.4. The van der Waals surface area contributed by atoms with Crippen molar-refractivity contribution in [1.82, 2.24) is 25.4 Å². The molecule has 0 radical (unpaired) electrons. The molecule has 2 aromatic rings. The molecule has 0 atom stereocenters. The van der Waals surface area contributed by atoms with E-state index in [-0.39, 0.29) is 0 Å². The lowest BCUT2D eigenvalue weighted by Crippen LogP contribution is -2.36. The van der Waals surface area contributed by atoms with E-state index in [1.807, 2.05) is 11.6 Å². The second-order valence-corrected chi connectivity index (χ2v) is 5.79. The number of hydrogen-bond acceptors (Lipinski definition) is 4. The van der Waals surface area contributed by atoms with Gasteiger partial charge >= 0.3 is 0 Å². The van der Waals surface area contributed by atoms with E-state index in [1.165, 1.54) is 9.75 Å². The van der Waals surface area contributed by atoms with E-state index in [2.05, 4.69) is 51.8 Å². The molecule has 7 heteroatoms. The van der Waals surface area contributed by atoms with Crippen LogP contribution in [-0.4, -0.2) is 27.3 Å². The SMILES string of the molecule is CCNC(=NCc1nncn1C)NCc1ccc(C)s1. The van der Waals surface area contributed by atoms with Crippen LogP contribution in [-0.2, 0) is 20.1 Å². The van der Waals surface area contributed by atoms with Crippen molar-refractivity contribution in [3.63, 3.8) is 0 Å². The maximum absolute atomic E-state index is 4.51. The van der Waals surface area contributed by atoms with Crippen LogP contribution in [0.5, 0.6) is 0 Å². The number of aromatic nitrogens is 3. The molecule has 20 heavy (non-hydrogen) atoms. The van der Waals surface area contributed by atoms with Gasteiger partial charge in [0.05, 0.1) is 6.54 Å². The molecule has 2 N–H and O–H groups in total. The topological polar surface area (TPSA) is 67.1 Å². The summed E-state index contributed by atoms with van der Waals surface area (Å²) in [5.74, 6) is 1.63. The standard InChI is InChI=1S/C13H20N6S/c1-4-14-13(15-7-11-6-5-10(2)20-11)16-8-12-18-17-9-19(12)3/h5-6,9H,4,7-8H2,1-3H3,(H2,14,15,16). The van der Waals surface area contributed by atoms with Crippen molar-refractivity contribution in [2.24, 2.45) is 12.0 Å². The molecule has 2 rings (SSSR count). The van der Waals surface area contributed by atoms with Crippen LogP contribution >= 0.6 is 11.3 Å². The molecule has 0 aromatic carbocycles. The molecular weight excluding hydrogens is 272 g/mol. The maximum Gasteiger partial charge on any atom is 0.191 e. The maximum atomic E-state index is 4.51. The molecule has 108 valence electrons. The van der Waals surface area contributed by atoms with Crippen molar-refractivity contribution in [3.8, 4) is 0 Å². The van der Waals surface area contributed by atoms with Gasteiger partial charge in [-0.15, -0.1) is 21.5 Å². The minimum absolute atomic E-state index is 0.509. The molecule has 2 heterocycles. The quantitative estimate of drug-likeness (QED) is 0.646. The Labute approximate surface area is 123 Å². The van der Waals surface area contributed by atoms with Gasteiger partial charge in [-0.05, 0) is 26.0 Å². The number of hydrogen-bond donors (Lipinski definition) is 2. The third-order valence-corrected chi connectivity index (χ3v) is 3.75. The summed E-state index contributed by atoms with van der Waals surface area (Å²) in [4.78, 5) is 7.13. The van der Waals surface area contributed by atoms with Crippen LogP contribution in [0.1, 0.15) is 22.5 Å². The summed E-state index contributed by atoms with van der Waals surface area (Å²) < 4.78 is 1.87. The molecule has 0 aliphatic carbocycles. The number of guanidine groups is 1. The molecule has 0 spiro atoms. The molecule has 0 bridgehead atoms. The third-order valence-electron chi connectivity index (χ3n) is 2.75. The lowest BCUT2D eigenvalue weighted by molar-refractivity contribution is 0.769.